The molecule has 4 heterocycles. The maximum atomic E-state index is 6.01. The number of fused-ring (bicyclic) bond motifs is 1. The summed E-state index contributed by atoms with van der Waals surface area (Å²) in [5.41, 5.74) is 8.36. The van der Waals surface area contributed by atoms with Gasteiger partial charge in [-0.2, -0.15) is 0 Å². The summed E-state index contributed by atoms with van der Waals surface area (Å²) >= 11 is 5.80. The number of nitrogens with zero attached hydrogens (tertiary/aromatic N) is 7. The van der Waals surface area contributed by atoms with E-state index in [4.69, 9.17) is 22.4 Å². The molecule has 5 rings (SSSR count). The molecule has 4 aromatic heterocycles. The zero-order chi connectivity index (χ0) is 21.2. The Bertz CT molecular complexity index is 1170. The molecule has 0 atom stereocenters. The Morgan fingerprint density at radius 1 is 0.871 bits per heavy atom. The third-order valence-electron chi connectivity index (χ3n) is 5.28. The third kappa shape index (κ3) is 4.39. The number of nitrogens with two attached hydrogens (primary N) is 1. The predicted molar refractivity (Wildman–Crippen MR) is 118 cm³/mol. The normalized spacial score (nSPS) is 18.8. The van der Waals surface area contributed by atoms with E-state index < -0.39 is 0 Å². The predicted octanol–water partition coefficient (Wildman–Crippen LogP) is 3.06. The number of halogens is 1. The zero-order valence-corrected chi connectivity index (χ0v) is 17.4. The topological polar surface area (TPSA) is 132 Å². The van der Waals surface area contributed by atoms with Crippen LogP contribution in [0, 0.1) is 0 Å². The average Bonchev–Trinajstić information content (AvgIpc) is 3.21. The lowest BCUT2D eigenvalue weighted by Crippen LogP contribution is -2.33. The Hall–Kier alpha value is -3.37. The highest BCUT2D eigenvalue weighted by Gasteiger charge is 2.19. The van der Waals surface area contributed by atoms with Crippen molar-refractivity contribution in [3.63, 3.8) is 0 Å². The molecular weight excluding hydrogens is 416 g/mol. The van der Waals surface area contributed by atoms with Gasteiger partial charge < -0.3 is 11.1 Å². The summed E-state index contributed by atoms with van der Waals surface area (Å²) in [7, 11) is 0. The number of anilines is 3. The van der Waals surface area contributed by atoms with E-state index in [0.29, 0.717) is 29.0 Å². The molecule has 0 aromatic carbocycles. The second-order valence-electron chi connectivity index (χ2n) is 7.53. The van der Waals surface area contributed by atoms with Crippen LogP contribution in [-0.2, 0) is 0 Å². The molecule has 10 nitrogen and oxygen atoms in total. The van der Waals surface area contributed by atoms with Crippen molar-refractivity contribution in [3.05, 3.63) is 48.1 Å². The SMILES string of the molecule is N[C@H]1CC[C@H](Nc2ccc3ncc(-c4cnc(Nc5ncc(Cl)cn5)nc4)n3n2)CC1. The van der Waals surface area contributed by atoms with Gasteiger partial charge in [-0.1, -0.05) is 11.6 Å². The van der Waals surface area contributed by atoms with Crippen LogP contribution in [0.4, 0.5) is 17.7 Å². The highest BCUT2D eigenvalue weighted by atomic mass is 35.5. The molecule has 1 aliphatic rings. The monoisotopic (exact) mass is 436 g/mol. The van der Waals surface area contributed by atoms with Gasteiger partial charge in [-0.05, 0) is 37.8 Å². The van der Waals surface area contributed by atoms with Gasteiger partial charge in [0, 0.05) is 30.0 Å². The van der Waals surface area contributed by atoms with Crippen LogP contribution in [-0.4, -0.2) is 46.6 Å². The molecule has 0 amide bonds. The first-order valence-electron chi connectivity index (χ1n) is 10.1. The van der Waals surface area contributed by atoms with Gasteiger partial charge in [0.25, 0.3) is 0 Å². The number of hydrogen-bond acceptors (Lipinski definition) is 9. The first-order chi connectivity index (χ1) is 15.1. The minimum absolute atomic E-state index is 0.317. The van der Waals surface area contributed by atoms with Crippen molar-refractivity contribution in [2.24, 2.45) is 5.73 Å². The van der Waals surface area contributed by atoms with E-state index in [0.717, 1.165) is 48.4 Å². The van der Waals surface area contributed by atoms with E-state index in [2.05, 4.69) is 35.6 Å². The maximum absolute atomic E-state index is 6.01. The van der Waals surface area contributed by atoms with E-state index in [1.54, 1.807) is 23.1 Å². The highest BCUT2D eigenvalue weighted by Crippen LogP contribution is 2.23. The molecular formula is C20H21ClN10. The van der Waals surface area contributed by atoms with Crippen LogP contribution in [0.5, 0.6) is 0 Å². The lowest BCUT2D eigenvalue weighted by molar-refractivity contribution is 0.410. The number of nitrogens with one attached hydrogen (secondary N) is 2. The molecule has 0 aliphatic heterocycles. The standard InChI is InChI=1S/C20H21ClN10/c21-13-9-26-20(27-10-13)29-19-24-7-12(8-25-19)16-11-23-18-6-5-17(30-31(16)18)28-15-3-1-14(22)2-4-15/h5-11,14-15H,1-4,22H2,(H,28,30)(H,24,25,26,27,29)/t14-,15-. The van der Waals surface area contributed by atoms with Crippen LogP contribution in [0.15, 0.2) is 43.1 Å². The summed E-state index contributed by atoms with van der Waals surface area (Å²) in [4.78, 5) is 21.3. The second-order valence-corrected chi connectivity index (χ2v) is 7.97. The first kappa shape index (κ1) is 19.6. The molecule has 0 bridgehead atoms. The van der Waals surface area contributed by atoms with Gasteiger partial charge in [-0.25, -0.2) is 29.4 Å². The molecule has 4 aromatic rings. The molecule has 0 spiro atoms. The summed E-state index contributed by atoms with van der Waals surface area (Å²) in [6, 6.07) is 4.61. The van der Waals surface area contributed by atoms with Crippen LogP contribution in [0.25, 0.3) is 16.9 Å². The quantitative estimate of drug-likeness (QED) is 0.431. The first-order valence-corrected chi connectivity index (χ1v) is 10.5. The van der Waals surface area contributed by atoms with E-state index in [1.807, 2.05) is 12.1 Å². The molecule has 0 radical (unpaired) electrons. The van der Waals surface area contributed by atoms with Crippen molar-refractivity contribution in [1.29, 1.82) is 0 Å². The number of imidazole rings is 1. The van der Waals surface area contributed by atoms with Gasteiger partial charge in [0.15, 0.2) is 5.65 Å². The molecule has 1 aliphatic carbocycles. The minimum Gasteiger partial charge on any atom is -0.366 e. The summed E-state index contributed by atoms with van der Waals surface area (Å²) in [6.45, 7) is 0. The van der Waals surface area contributed by atoms with Crippen molar-refractivity contribution in [3.8, 4) is 11.3 Å². The Morgan fingerprint density at radius 2 is 1.55 bits per heavy atom. The van der Waals surface area contributed by atoms with Crippen molar-refractivity contribution >= 4 is 35.0 Å². The molecule has 1 fully saturated rings. The van der Waals surface area contributed by atoms with Gasteiger partial charge in [0.05, 0.1) is 29.3 Å². The smallest absolute Gasteiger partial charge is 0.229 e. The number of aromatic nitrogens is 7. The van der Waals surface area contributed by atoms with E-state index in [-0.39, 0.29) is 0 Å². The Morgan fingerprint density at radius 3 is 2.26 bits per heavy atom. The molecule has 0 saturated heterocycles. The zero-order valence-electron chi connectivity index (χ0n) is 16.6. The number of rotatable bonds is 5. The fourth-order valence-corrected chi connectivity index (χ4v) is 3.72. The van der Waals surface area contributed by atoms with Gasteiger partial charge >= 0.3 is 0 Å². The van der Waals surface area contributed by atoms with Gasteiger partial charge in [-0.15, -0.1) is 5.10 Å². The molecule has 4 N–H and O–H groups in total. The van der Waals surface area contributed by atoms with Crippen molar-refractivity contribution in [2.45, 2.75) is 37.8 Å². The Labute approximate surface area is 183 Å². The summed E-state index contributed by atoms with van der Waals surface area (Å²) < 4.78 is 1.80. The van der Waals surface area contributed by atoms with Crippen LogP contribution >= 0.6 is 11.6 Å². The fraction of sp³-hybridized carbons (Fsp3) is 0.300. The van der Waals surface area contributed by atoms with Crippen LogP contribution < -0.4 is 16.4 Å². The van der Waals surface area contributed by atoms with E-state index >= 15 is 0 Å². The molecule has 11 heteroatoms. The lowest BCUT2D eigenvalue weighted by atomic mass is 9.92. The third-order valence-corrected chi connectivity index (χ3v) is 5.47. The number of hydrogen-bond donors (Lipinski definition) is 3. The van der Waals surface area contributed by atoms with Gasteiger partial charge in [0.2, 0.25) is 11.9 Å². The molecule has 31 heavy (non-hydrogen) atoms. The summed E-state index contributed by atoms with van der Waals surface area (Å²) in [6.07, 6.45) is 12.4. The van der Waals surface area contributed by atoms with E-state index in [1.165, 1.54) is 12.4 Å². The Kier molecular flexibility index (Phi) is 5.31. The maximum Gasteiger partial charge on any atom is 0.229 e. The van der Waals surface area contributed by atoms with Crippen LogP contribution in [0.2, 0.25) is 5.02 Å². The highest BCUT2D eigenvalue weighted by molar-refractivity contribution is 6.30. The summed E-state index contributed by atoms with van der Waals surface area (Å²) in [5, 5.41) is 11.7. The average molecular weight is 437 g/mol. The minimum atomic E-state index is 0.317. The van der Waals surface area contributed by atoms with Crippen molar-refractivity contribution in [2.75, 3.05) is 10.6 Å². The largest absolute Gasteiger partial charge is 0.366 e. The van der Waals surface area contributed by atoms with Gasteiger partial charge in [-0.3, -0.25) is 5.32 Å². The van der Waals surface area contributed by atoms with Crippen LogP contribution in [0.3, 0.4) is 0 Å². The second kappa shape index (κ2) is 8.40. The summed E-state index contributed by atoms with van der Waals surface area (Å²) in [5.74, 6) is 1.56. The molecule has 0 unspecified atom stereocenters. The fourth-order valence-electron chi connectivity index (χ4n) is 3.62. The molecule has 1 saturated carbocycles. The van der Waals surface area contributed by atoms with Crippen molar-refractivity contribution in [1.82, 2.24) is 34.5 Å². The Balaban J connectivity index is 1.35. The lowest BCUT2D eigenvalue weighted by Gasteiger charge is -2.27. The van der Waals surface area contributed by atoms with E-state index in [9.17, 15) is 0 Å². The molecule has 158 valence electrons. The van der Waals surface area contributed by atoms with Gasteiger partial charge in [0.1, 0.15) is 5.82 Å². The van der Waals surface area contributed by atoms with Crippen molar-refractivity contribution < 1.29 is 0 Å². The van der Waals surface area contributed by atoms with Crippen LogP contribution in [0.1, 0.15) is 25.7 Å².